The lowest BCUT2D eigenvalue weighted by Gasteiger charge is -2.10. The lowest BCUT2D eigenvalue weighted by molar-refractivity contribution is -0.137. The van der Waals surface area contributed by atoms with Gasteiger partial charge in [0, 0.05) is 13.0 Å². The molecule has 0 aliphatic carbocycles. The summed E-state index contributed by atoms with van der Waals surface area (Å²) in [5, 5.41) is 16.2. The van der Waals surface area contributed by atoms with Crippen LogP contribution in [0.3, 0.4) is 0 Å². The smallest absolute Gasteiger partial charge is 0.390 e. The molecule has 0 fully saturated rings. The number of nitrogens with zero attached hydrogens (tertiary/aromatic N) is 3. The molecule has 0 aliphatic rings. The van der Waals surface area contributed by atoms with E-state index in [1.165, 1.54) is 4.57 Å². The summed E-state index contributed by atoms with van der Waals surface area (Å²) in [7, 11) is 0. The summed E-state index contributed by atoms with van der Waals surface area (Å²) >= 11 is 0.864. The Balaban J connectivity index is 2.78. The second-order valence-corrected chi connectivity index (χ2v) is 4.39. The van der Waals surface area contributed by atoms with E-state index in [1.54, 1.807) is 6.92 Å². The Labute approximate surface area is 105 Å². The molecule has 5 nitrogen and oxygen atoms in total. The molecule has 18 heavy (non-hydrogen) atoms. The summed E-state index contributed by atoms with van der Waals surface area (Å²) in [4.78, 5) is 10.4. The van der Waals surface area contributed by atoms with E-state index in [0.29, 0.717) is 12.2 Å². The fraction of sp³-hybridized carbons (Fsp3) is 0.667. The van der Waals surface area contributed by atoms with Gasteiger partial charge in [0.05, 0.1) is 12.2 Å². The molecule has 0 spiro atoms. The van der Waals surface area contributed by atoms with Gasteiger partial charge in [0.2, 0.25) is 0 Å². The van der Waals surface area contributed by atoms with Gasteiger partial charge >= 0.3 is 12.1 Å². The van der Waals surface area contributed by atoms with Crippen molar-refractivity contribution in [3.63, 3.8) is 0 Å². The van der Waals surface area contributed by atoms with Gasteiger partial charge in [-0.3, -0.25) is 4.79 Å². The first-order valence-corrected chi connectivity index (χ1v) is 6.15. The summed E-state index contributed by atoms with van der Waals surface area (Å²) in [5.74, 6) is -0.885. The molecule has 0 aromatic carbocycles. The molecule has 0 unspecified atom stereocenters. The highest BCUT2D eigenvalue weighted by atomic mass is 32.2. The number of hydrogen-bond donors (Lipinski definition) is 1. The van der Waals surface area contributed by atoms with Gasteiger partial charge in [0.15, 0.2) is 5.16 Å². The van der Waals surface area contributed by atoms with Crippen LogP contribution in [0.2, 0.25) is 0 Å². The average Bonchev–Trinajstić information content (AvgIpc) is 2.64. The number of carboxylic acid groups (broad SMARTS) is 1. The highest BCUT2D eigenvalue weighted by molar-refractivity contribution is 7.99. The number of aryl methyl sites for hydroxylation is 1. The zero-order valence-corrected chi connectivity index (χ0v) is 10.4. The predicted octanol–water partition coefficient (Wildman–Crippen LogP) is 1.97. The largest absolute Gasteiger partial charge is 0.481 e. The van der Waals surface area contributed by atoms with Crippen LogP contribution in [0.25, 0.3) is 0 Å². The molecule has 0 saturated heterocycles. The summed E-state index contributed by atoms with van der Waals surface area (Å²) in [6.45, 7) is 1.46. The second kappa shape index (κ2) is 6.07. The number of thioether (sulfide) groups is 1. The minimum absolute atomic E-state index is 0.207. The highest BCUT2D eigenvalue weighted by Crippen LogP contribution is 2.23. The van der Waals surface area contributed by atoms with Crippen molar-refractivity contribution in [2.24, 2.45) is 0 Å². The normalized spacial score (nSPS) is 11.8. The van der Waals surface area contributed by atoms with Crippen molar-refractivity contribution in [1.29, 1.82) is 0 Å². The van der Waals surface area contributed by atoms with Crippen LogP contribution in [0.5, 0.6) is 0 Å². The van der Waals surface area contributed by atoms with Gasteiger partial charge < -0.3 is 9.67 Å². The van der Waals surface area contributed by atoms with Crippen molar-refractivity contribution in [3.8, 4) is 0 Å². The Bertz CT molecular complexity index is 420. The molecule has 9 heteroatoms. The molecule has 1 N–H and O–H groups in total. The predicted molar refractivity (Wildman–Crippen MR) is 58.4 cm³/mol. The van der Waals surface area contributed by atoms with E-state index in [-0.39, 0.29) is 17.5 Å². The fourth-order valence-corrected chi connectivity index (χ4v) is 1.98. The standard InChI is InChI=1S/C9H12F3N3O2S/c1-2-6-13-14-8(18-5-7(16)17)15(6)4-3-9(10,11)12/h2-5H2,1H3,(H,16,17). The minimum Gasteiger partial charge on any atom is -0.481 e. The maximum Gasteiger partial charge on any atom is 0.390 e. The van der Waals surface area contributed by atoms with Crippen LogP contribution in [-0.4, -0.2) is 37.8 Å². The minimum atomic E-state index is -4.26. The Morgan fingerprint density at radius 3 is 2.61 bits per heavy atom. The quantitative estimate of drug-likeness (QED) is 0.808. The monoisotopic (exact) mass is 283 g/mol. The van der Waals surface area contributed by atoms with E-state index in [0.717, 1.165) is 11.8 Å². The van der Waals surface area contributed by atoms with Gasteiger partial charge in [0.1, 0.15) is 5.82 Å². The van der Waals surface area contributed by atoms with Crippen LogP contribution in [0.4, 0.5) is 13.2 Å². The van der Waals surface area contributed by atoms with Crippen LogP contribution in [-0.2, 0) is 17.8 Å². The molecule has 0 atom stereocenters. The van der Waals surface area contributed by atoms with Crippen LogP contribution in [0.1, 0.15) is 19.2 Å². The van der Waals surface area contributed by atoms with Crippen molar-refractivity contribution in [2.75, 3.05) is 5.75 Å². The number of rotatable bonds is 6. The second-order valence-electron chi connectivity index (χ2n) is 3.45. The number of aliphatic carboxylic acids is 1. The first-order valence-electron chi connectivity index (χ1n) is 5.17. The van der Waals surface area contributed by atoms with Gasteiger partial charge in [-0.25, -0.2) is 0 Å². The molecule has 0 aliphatic heterocycles. The molecular formula is C9H12F3N3O2S. The van der Waals surface area contributed by atoms with Crippen LogP contribution < -0.4 is 0 Å². The highest BCUT2D eigenvalue weighted by Gasteiger charge is 2.28. The van der Waals surface area contributed by atoms with Gasteiger partial charge in [-0.2, -0.15) is 13.2 Å². The Morgan fingerprint density at radius 2 is 2.11 bits per heavy atom. The third kappa shape index (κ3) is 4.55. The van der Waals surface area contributed by atoms with Crippen molar-refractivity contribution in [2.45, 2.75) is 37.6 Å². The van der Waals surface area contributed by atoms with E-state index in [4.69, 9.17) is 5.11 Å². The number of alkyl halides is 3. The Morgan fingerprint density at radius 1 is 1.44 bits per heavy atom. The van der Waals surface area contributed by atoms with Crippen molar-refractivity contribution < 1.29 is 23.1 Å². The average molecular weight is 283 g/mol. The third-order valence-corrected chi connectivity index (χ3v) is 3.00. The first-order chi connectivity index (χ1) is 8.33. The fourth-order valence-electron chi connectivity index (χ4n) is 1.28. The SMILES string of the molecule is CCc1nnc(SCC(=O)O)n1CCC(F)(F)F. The van der Waals surface area contributed by atoms with E-state index in [9.17, 15) is 18.0 Å². The third-order valence-electron chi connectivity index (χ3n) is 2.05. The van der Waals surface area contributed by atoms with Gasteiger partial charge in [-0.1, -0.05) is 18.7 Å². The number of carbonyl (C=O) groups is 1. The van der Waals surface area contributed by atoms with E-state index in [1.807, 2.05) is 0 Å². The number of aromatic nitrogens is 3. The zero-order chi connectivity index (χ0) is 13.8. The molecule has 0 amide bonds. The van der Waals surface area contributed by atoms with E-state index < -0.39 is 18.6 Å². The molecule has 0 radical (unpaired) electrons. The van der Waals surface area contributed by atoms with Crippen LogP contribution in [0.15, 0.2) is 5.16 Å². The molecule has 1 rings (SSSR count). The number of hydrogen-bond acceptors (Lipinski definition) is 4. The van der Waals surface area contributed by atoms with E-state index in [2.05, 4.69) is 10.2 Å². The lowest BCUT2D eigenvalue weighted by atomic mass is 10.4. The van der Waals surface area contributed by atoms with Crippen molar-refractivity contribution in [3.05, 3.63) is 5.82 Å². The molecular weight excluding hydrogens is 271 g/mol. The molecule has 1 aromatic heterocycles. The zero-order valence-electron chi connectivity index (χ0n) is 9.57. The summed E-state index contributed by atoms with van der Waals surface area (Å²) in [6.07, 6.45) is -4.80. The molecule has 1 aromatic rings. The van der Waals surface area contributed by atoms with Gasteiger partial charge in [-0.15, -0.1) is 10.2 Å². The van der Waals surface area contributed by atoms with Crippen molar-refractivity contribution >= 4 is 17.7 Å². The summed E-state index contributed by atoms with van der Waals surface area (Å²) in [6, 6.07) is 0. The van der Waals surface area contributed by atoms with Crippen LogP contribution >= 0.6 is 11.8 Å². The first kappa shape index (κ1) is 14.8. The number of halogens is 3. The van der Waals surface area contributed by atoms with Crippen LogP contribution in [0, 0.1) is 0 Å². The number of carboxylic acids is 1. The molecule has 0 saturated carbocycles. The topological polar surface area (TPSA) is 68.0 Å². The Hall–Kier alpha value is -1.25. The lowest BCUT2D eigenvalue weighted by Crippen LogP contribution is -2.14. The van der Waals surface area contributed by atoms with E-state index >= 15 is 0 Å². The van der Waals surface area contributed by atoms with Gasteiger partial charge in [0.25, 0.3) is 0 Å². The summed E-state index contributed by atoms with van der Waals surface area (Å²) in [5.41, 5.74) is 0. The molecule has 1 heterocycles. The Kier molecular flexibility index (Phi) is 5.00. The maximum atomic E-state index is 12.2. The van der Waals surface area contributed by atoms with Crippen molar-refractivity contribution in [1.82, 2.24) is 14.8 Å². The molecule has 102 valence electrons. The maximum absolute atomic E-state index is 12.2. The molecule has 0 bridgehead atoms. The van der Waals surface area contributed by atoms with Gasteiger partial charge in [-0.05, 0) is 0 Å². The summed E-state index contributed by atoms with van der Waals surface area (Å²) < 4.78 is 37.8.